The van der Waals surface area contributed by atoms with Gasteiger partial charge in [-0.15, -0.1) is 0 Å². The van der Waals surface area contributed by atoms with Gasteiger partial charge in [-0.3, -0.25) is 0 Å². The van der Waals surface area contributed by atoms with Crippen molar-refractivity contribution < 1.29 is 25.3 Å². The lowest BCUT2D eigenvalue weighted by Gasteiger charge is -2.09. The molecule has 0 aliphatic heterocycles. The molecule has 0 radical (unpaired) electrons. The van der Waals surface area contributed by atoms with Crippen LogP contribution in [-0.4, -0.2) is 44.0 Å². The van der Waals surface area contributed by atoms with E-state index in [0.29, 0.717) is 16.7 Å². The third-order valence-electron chi connectivity index (χ3n) is 2.43. The molecule has 0 saturated carbocycles. The molecule has 24 heavy (non-hydrogen) atoms. The molecular formula is C12H18O6S6. The molecule has 0 aliphatic rings. The van der Waals surface area contributed by atoms with Crippen molar-refractivity contribution in [2.75, 3.05) is 18.8 Å². The Labute approximate surface area is 154 Å². The molecule has 12 heteroatoms. The summed E-state index contributed by atoms with van der Waals surface area (Å²) < 4.78 is 67.7. The van der Waals surface area contributed by atoms with Crippen molar-refractivity contribution in [1.29, 1.82) is 0 Å². The van der Waals surface area contributed by atoms with Gasteiger partial charge in [-0.2, -0.15) is 0 Å². The third kappa shape index (κ3) is 10.9. The highest BCUT2D eigenvalue weighted by atomic mass is 33.1. The molecule has 0 fully saturated rings. The second-order valence-electron chi connectivity index (χ2n) is 5.06. The normalized spacial score (nSPS) is 13.1. The summed E-state index contributed by atoms with van der Waals surface area (Å²) in [6, 6.07) is 5.22. The Balaban J connectivity index is 3.03. The van der Waals surface area contributed by atoms with Crippen LogP contribution in [0.5, 0.6) is 0 Å². The zero-order valence-electron chi connectivity index (χ0n) is 13.3. The van der Waals surface area contributed by atoms with Crippen molar-refractivity contribution in [1.82, 2.24) is 0 Å². The molecule has 0 unspecified atom stereocenters. The maximum absolute atomic E-state index is 11.3. The maximum atomic E-state index is 11.3. The van der Waals surface area contributed by atoms with E-state index in [1.807, 2.05) is 0 Å². The Morgan fingerprint density at radius 2 is 0.792 bits per heavy atom. The summed E-state index contributed by atoms with van der Waals surface area (Å²) in [5.41, 5.74) is 2.13. The van der Waals surface area contributed by atoms with E-state index in [1.54, 1.807) is 18.2 Å². The SMILES string of the molecule is CS(=O)(=O)SCc1cc(CSS(C)(=O)=O)cc(CSS(C)(=O)=O)c1. The summed E-state index contributed by atoms with van der Waals surface area (Å²) in [6.45, 7) is 0. The van der Waals surface area contributed by atoms with Gasteiger partial charge in [-0.25, -0.2) is 25.3 Å². The van der Waals surface area contributed by atoms with Gasteiger partial charge in [-0.1, -0.05) is 18.2 Å². The third-order valence-corrected chi connectivity index (χ3v) is 9.98. The second-order valence-corrected chi connectivity index (χ2v) is 18.4. The van der Waals surface area contributed by atoms with Gasteiger partial charge in [0, 0.05) is 36.0 Å². The summed E-state index contributed by atoms with van der Waals surface area (Å²) in [4.78, 5) is 0. The highest BCUT2D eigenvalue weighted by molar-refractivity contribution is 8.72. The molecule has 0 aromatic heterocycles. The van der Waals surface area contributed by atoms with Crippen LogP contribution in [0.4, 0.5) is 0 Å². The molecule has 0 spiro atoms. The fraction of sp³-hybridized carbons (Fsp3) is 0.500. The van der Waals surface area contributed by atoms with E-state index in [0.717, 1.165) is 51.1 Å². The summed E-state index contributed by atoms with van der Waals surface area (Å²) in [5.74, 6) is 0.645. The van der Waals surface area contributed by atoms with Crippen molar-refractivity contribution in [3.63, 3.8) is 0 Å². The Kier molecular flexibility index (Phi) is 8.01. The molecule has 138 valence electrons. The van der Waals surface area contributed by atoms with E-state index >= 15 is 0 Å². The van der Waals surface area contributed by atoms with Crippen LogP contribution < -0.4 is 0 Å². The first-order valence-corrected chi connectivity index (χ1v) is 16.6. The minimum atomic E-state index is -3.20. The van der Waals surface area contributed by atoms with Crippen LogP contribution in [0.3, 0.4) is 0 Å². The molecule has 0 N–H and O–H groups in total. The van der Waals surface area contributed by atoms with Gasteiger partial charge in [0.05, 0.1) is 0 Å². The van der Waals surface area contributed by atoms with Gasteiger partial charge in [0.1, 0.15) is 0 Å². The van der Waals surface area contributed by atoms with Crippen LogP contribution >= 0.6 is 32.4 Å². The van der Waals surface area contributed by atoms with Gasteiger partial charge in [0.2, 0.25) is 0 Å². The van der Waals surface area contributed by atoms with Crippen molar-refractivity contribution in [3.8, 4) is 0 Å². The van der Waals surface area contributed by atoms with E-state index in [4.69, 9.17) is 0 Å². The molecule has 0 saturated heterocycles. The highest BCUT2D eigenvalue weighted by Gasteiger charge is 2.11. The molecule has 0 heterocycles. The fourth-order valence-electron chi connectivity index (χ4n) is 1.61. The highest BCUT2D eigenvalue weighted by Crippen LogP contribution is 2.26. The van der Waals surface area contributed by atoms with E-state index < -0.39 is 26.6 Å². The zero-order valence-corrected chi connectivity index (χ0v) is 18.2. The molecule has 0 atom stereocenters. The van der Waals surface area contributed by atoms with Crippen LogP contribution in [0.2, 0.25) is 0 Å². The number of hydrogen-bond acceptors (Lipinski definition) is 9. The number of hydrogen-bond donors (Lipinski definition) is 0. The summed E-state index contributed by atoms with van der Waals surface area (Å²) >= 11 is 0. The predicted molar refractivity (Wildman–Crippen MR) is 105 cm³/mol. The maximum Gasteiger partial charge on any atom is 0.199 e. The minimum Gasteiger partial charge on any atom is -0.218 e. The van der Waals surface area contributed by atoms with Gasteiger partial charge in [0.25, 0.3) is 0 Å². The standard InChI is InChI=1S/C12H18O6S6/c1-22(13,14)19-7-10-4-11(8-20-23(2,15)16)6-12(5-10)9-21-24(3,17)18/h4-6H,7-9H2,1-3H3. The van der Waals surface area contributed by atoms with Crippen LogP contribution in [0.1, 0.15) is 16.7 Å². The Hall–Kier alpha value is 0.120. The van der Waals surface area contributed by atoms with Crippen molar-refractivity contribution in [3.05, 3.63) is 34.9 Å². The smallest absolute Gasteiger partial charge is 0.199 e. The summed E-state index contributed by atoms with van der Waals surface area (Å²) in [7, 11) is -7.29. The fourth-order valence-corrected chi connectivity index (χ4v) is 6.32. The Morgan fingerprint density at radius 3 is 0.958 bits per heavy atom. The first-order chi connectivity index (χ1) is 10.7. The molecule has 0 bridgehead atoms. The predicted octanol–water partition coefficient (Wildman–Crippen LogP) is 2.27. The molecule has 1 rings (SSSR count). The van der Waals surface area contributed by atoms with E-state index in [-0.39, 0.29) is 17.3 Å². The average Bonchev–Trinajstić information content (AvgIpc) is 2.38. The first-order valence-electron chi connectivity index (χ1n) is 6.38. The summed E-state index contributed by atoms with van der Waals surface area (Å²) in [6.07, 6.45) is 3.34. The second kappa shape index (κ2) is 8.67. The minimum absolute atomic E-state index is 0.215. The molecule has 1 aromatic carbocycles. The van der Waals surface area contributed by atoms with Crippen LogP contribution in [-0.2, 0) is 43.9 Å². The van der Waals surface area contributed by atoms with E-state index in [2.05, 4.69) is 0 Å². The van der Waals surface area contributed by atoms with Gasteiger partial charge < -0.3 is 0 Å². The van der Waals surface area contributed by atoms with Crippen molar-refractivity contribution in [2.45, 2.75) is 17.3 Å². The number of benzene rings is 1. The summed E-state index contributed by atoms with van der Waals surface area (Å²) in [5, 5.41) is 0. The Bertz CT molecular complexity index is 755. The molecule has 0 amide bonds. The molecule has 0 aliphatic carbocycles. The lowest BCUT2D eigenvalue weighted by molar-refractivity contribution is 0.614. The van der Waals surface area contributed by atoms with Gasteiger partial charge in [-0.05, 0) is 49.1 Å². The lowest BCUT2D eigenvalue weighted by Crippen LogP contribution is -1.97. The van der Waals surface area contributed by atoms with Crippen LogP contribution in [0, 0.1) is 0 Å². The van der Waals surface area contributed by atoms with Gasteiger partial charge >= 0.3 is 0 Å². The molecular weight excluding hydrogens is 433 g/mol. The molecule has 1 aromatic rings. The quantitative estimate of drug-likeness (QED) is 0.524. The van der Waals surface area contributed by atoms with E-state index in [9.17, 15) is 25.3 Å². The van der Waals surface area contributed by atoms with Crippen LogP contribution in [0.15, 0.2) is 18.2 Å². The van der Waals surface area contributed by atoms with Gasteiger partial charge in [0.15, 0.2) is 26.6 Å². The average molecular weight is 451 g/mol. The monoisotopic (exact) mass is 450 g/mol. The first kappa shape index (κ1) is 22.2. The topological polar surface area (TPSA) is 102 Å². The number of rotatable bonds is 9. The van der Waals surface area contributed by atoms with E-state index in [1.165, 1.54) is 0 Å². The van der Waals surface area contributed by atoms with Crippen molar-refractivity contribution >= 4 is 59.0 Å². The molecule has 6 nitrogen and oxygen atoms in total. The van der Waals surface area contributed by atoms with Crippen LogP contribution in [0.25, 0.3) is 0 Å². The zero-order chi connectivity index (χ0) is 18.6. The Morgan fingerprint density at radius 1 is 0.583 bits per heavy atom. The van der Waals surface area contributed by atoms with Crippen molar-refractivity contribution in [2.24, 2.45) is 0 Å². The largest absolute Gasteiger partial charge is 0.218 e. The lowest BCUT2D eigenvalue weighted by atomic mass is 10.1.